The zero-order valence-corrected chi connectivity index (χ0v) is 20.5. The maximum Gasteiger partial charge on any atom is 0.191 e. The molecule has 27 heavy (non-hydrogen) atoms. The monoisotopic (exact) mass is 509 g/mol. The molecule has 1 saturated carbocycles. The first-order valence-electron chi connectivity index (χ1n) is 10.8. The van der Waals surface area contributed by atoms with E-state index in [1.54, 1.807) is 0 Å². The lowest BCUT2D eigenvalue weighted by Crippen LogP contribution is -2.58. The average molecular weight is 510 g/mol. The summed E-state index contributed by atoms with van der Waals surface area (Å²) in [4.78, 5) is 9.90. The molecule has 3 fully saturated rings. The van der Waals surface area contributed by atoms with Gasteiger partial charge in [-0.2, -0.15) is 11.8 Å². The lowest BCUT2D eigenvalue weighted by atomic mass is 9.94. The Labute approximate surface area is 187 Å². The van der Waals surface area contributed by atoms with Crippen LogP contribution in [0.2, 0.25) is 0 Å². The first-order valence-corrected chi connectivity index (χ1v) is 11.9. The van der Waals surface area contributed by atoms with Crippen molar-refractivity contribution in [2.24, 2.45) is 4.99 Å². The van der Waals surface area contributed by atoms with E-state index in [1.165, 1.54) is 89.2 Å². The van der Waals surface area contributed by atoms with Gasteiger partial charge in [0.25, 0.3) is 0 Å². The van der Waals surface area contributed by atoms with Crippen LogP contribution in [0.5, 0.6) is 0 Å². The summed E-state index contributed by atoms with van der Waals surface area (Å²) >= 11 is 2.11. The van der Waals surface area contributed by atoms with E-state index in [0.717, 1.165) is 12.5 Å². The van der Waals surface area contributed by atoms with Gasteiger partial charge in [-0.05, 0) is 38.6 Å². The van der Waals surface area contributed by atoms with E-state index >= 15 is 0 Å². The van der Waals surface area contributed by atoms with Crippen LogP contribution < -0.4 is 10.6 Å². The van der Waals surface area contributed by atoms with Crippen molar-refractivity contribution in [1.29, 1.82) is 0 Å². The van der Waals surface area contributed by atoms with Gasteiger partial charge in [-0.3, -0.25) is 9.89 Å². The lowest BCUT2D eigenvalue weighted by molar-refractivity contribution is 0.107. The van der Waals surface area contributed by atoms with Crippen LogP contribution >= 0.6 is 35.7 Å². The van der Waals surface area contributed by atoms with Crippen LogP contribution in [0.1, 0.15) is 51.9 Å². The van der Waals surface area contributed by atoms with E-state index < -0.39 is 0 Å². The third kappa shape index (κ3) is 6.64. The minimum Gasteiger partial charge on any atom is -0.355 e. The van der Waals surface area contributed by atoms with Crippen molar-refractivity contribution in [3.8, 4) is 0 Å². The normalized spacial score (nSPS) is 25.2. The van der Waals surface area contributed by atoms with E-state index in [0.29, 0.717) is 11.6 Å². The molecule has 7 heteroatoms. The minimum atomic E-state index is 0. The SMILES string of the molecule is CCCN1CCC(NC(=NC)NCC2(N3CCSCC3)CCCC2)CC1.I. The van der Waals surface area contributed by atoms with Crippen molar-refractivity contribution in [2.45, 2.75) is 63.5 Å². The molecule has 5 nitrogen and oxygen atoms in total. The molecular formula is C20H40IN5S. The van der Waals surface area contributed by atoms with Gasteiger partial charge in [-0.15, -0.1) is 24.0 Å². The number of hydrogen-bond acceptors (Lipinski definition) is 4. The summed E-state index contributed by atoms with van der Waals surface area (Å²) in [6, 6.07) is 0.570. The van der Waals surface area contributed by atoms with Crippen LogP contribution in [0.3, 0.4) is 0 Å². The Kier molecular flexibility index (Phi) is 10.5. The van der Waals surface area contributed by atoms with Gasteiger partial charge in [0.2, 0.25) is 0 Å². The molecule has 2 heterocycles. The Morgan fingerprint density at radius 3 is 2.37 bits per heavy atom. The van der Waals surface area contributed by atoms with Gasteiger partial charge in [0.05, 0.1) is 0 Å². The predicted octanol–water partition coefficient (Wildman–Crippen LogP) is 3.01. The molecule has 2 N–H and O–H groups in total. The Hall–Kier alpha value is 0.270. The summed E-state index contributed by atoms with van der Waals surface area (Å²) in [6.45, 7) is 9.52. The van der Waals surface area contributed by atoms with E-state index in [-0.39, 0.29) is 24.0 Å². The quantitative estimate of drug-likeness (QED) is 0.328. The lowest BCUT2D eigenvalue weighted by Gasteiger charge is -2.44. The van der Waals surface area contributed by atoms with Crippen molar-refractivity contribution in [2.75, 3.05) is 57.8 Å². The summed E-state index contributed by atoms with van der Waals surface area (Å²) in [5.74, 6) is 3.60. The van der Waals surface area contributed by atoms with Gasteiger partial charge in [0.1, 0.15) is 0 Å². The number of nitrogens with zero attached hydrogens (tertiary/aromatic N) is 3. The molecule has 0 atom stereocenters. The van der Waals surface area contributed by atoms with Crippen molar-refractivity contribution >= 4 is 41.7 Å². The van der Waals surface area contributed by atoms with E-state index in [9.17, 15) is 0 Å². The standard InChI is InChI=1S/C20H39N5S.HI/c1-3-10-24-11-6-18(7-12-24)23-19(21-2)22-17-20(8-4-5-9-20)25-13-15-26-16-14-25;/h18H,3-17H2,1-2H3,(H2,21,22,23);1H. The number of nitrogens with one attached hydrogen (secondary N) is 2. The average Bonchev–Trinajstić information content (AvgIpc) is 3.17. The number of hydrogen-bond donors (Lipinski definition) is 2. The van der Waals surface area contributed by atoms with Crippen molar-refractivity contribution in [3.05, 3.63) is 0 Å². The fourth-order valence-electron chi connectivity index (χ4n) is 4.93. The second kappa shape index (κ2) is 12.1. The highest BCUT2D eigenvalue weighted by Crippen LogP contribution is 2.36. The molecule has 0 bridgehead atoms. The molecule has 0 aromatic rings. The number of halogens is 1. The summed E-state index contributed by atoms with van der Waals surface area (Å²) in [6.07, 6.45) is 9.18. The predicted molar refractivity (Wildman–Crippen MR) is 130 cm³/mol. The Morgan fingerprint density at radius 1 is 1.11 bits per heavy atom. The number of guanidine groups is 1. The van der Waals surface area contributed by atoms with Gasteiger partial charge in [0.15, 0.2) is 5.96 Å². The third-order valence-corrected chi connectivity index (χ3v) is 7.44. The largest absolute Gasteiger partial charge is 0.355 e. The van der Waals surface area contributed by atoms with E-state index in [2.05, 4.69) is 44.1 Å². The Bertz CT molecular complexity index is 442. The fourth-order valence-corrected chi connectivity index (χ4v) is 5.83. The number of thioether (sulfide) groups is 1. The van der Waals surface area contributed by atoms with Crippen molar-refractivity contribution in [1.82, 2.24) is 20.4 Å². The molecule has 3 aliphatic rings. The summed E-state index contributed by atoms with van der Waals surface area (Å²) in [5.41, 5.74) is 0.364. The summed E-state index contributed by atoms with van der Waals surface area (Å²) < 4.78 is 0. The first-order chi connectivity index (χ1) is 12.8. The summed E-state index contributed by atoms with van der Waals surface area (Å²) in [5, 5.41) is 7.41. The van der Waals surface area contributed by atoms with Gasteiger partial charge in [0, 0.05) is 62.9 Å². The van der Waals surface area contributed by atoms with Crippen LogP contribution in [0.15, 0.2) is 4.99 Å². The first kappa shape index (κ1) is 23.5. The number of likely N-dealkylation sites (tertiary alicyclic amines) is 1. The van der Waals surface area contributed by atoms with Crippen LogP contribution in [-0.2, 0) is 0 Å². The number of piperidine rings is 1. The Morgan fingerprint density at radius 2 is 1.78 bits per heavy atom. The maximum absolute atomic E-state index is 4.53. The molecule has 0 aromatic heterocycles. The van der Waals surface area contributed by atoms with Gasteiger partial charge >= 0.3 is 0 Å². The number of aliphatic imine (C=N–C) groups is 1. The van der Waals surface area contributed by atoms with Gasteiger partial charge in [-0.1, -0.05) is 19.8 Å². The van der Waals surface area contributed by atoms with Crippen LogP contribution in [-0.4, -0.2) is 85.2 Å². The summed E-state index contributed by atoms with van der Waals surface area (Å²) in [7, 11) is 1.92. The van der Waals surface area contributed by atoms with E-state index in [4.69, 9.17) is 0 Å². The maximum atomic E-state index is 4.53. The molecule has 2 aliphatic heterocycles. The zero-order valence-electron chi connectivity index (χ0n) is 17.3. The molecule has 158 valence electrons. The molecular weight excluding hydrogens is 469 g/mol. The fraction of sp³-hybridized carbons (Fsp3) is 0.950. The van der Waals surface area contributed by atoms with E-state index in [1.807, 2.05) is 7.05 Å². The Balaban J connectivity index is 0.00000261. The molecule has 3 rings (SSSR count). The molecule has 0 spiro atoms. The highest BCUT2D eigenvalue weighted by molar-refractivity contribution is 14.0. The minimum absolute atomic E-state index is 0. The van der Waals surface area contributed by atoms with Gasteiger partial charge in [-0.25, -0.2) is 0 Å². The molecule has 2 saturated heterocycles. The molecule has 0 amide bonds. The van der Waals surface area contributed by atoms with Crippen LogP contribution in [0.4, 0.5) is 0 Å². The molecule has 0 radical (unpaired) electrons. The van der Waals surface area contributed by atoms with Crippen LogP contribution in [0, 0.1) is 0 Å². The third-order valence-electron chi connectivity index (χ3n) is 6.49. The number of rotatable bonds is 6. The highest BCUT2D eigenvalue weighted by Gasteiger charge is 2.40. The molecule has 0 aromatic carbocycles. The highest BCUT2D eigenvalue weighted by atomic mass is 127. The molecule has 1 aliphatic carbocycles. The topological polar surface area (TPSA) is 42.9 Å². The zero-order chi connectivity index (χ0) is 18.2. The second-order valence-electron chi connectivity index (χ2n) is 8.22. The molecule has 0 unspecified atom stereocenters. The second-order valence-corrected chi connectivity index (χ2v) is 9.44. The smallest absolute Gasteiger partial charge is 0.191 e. The van der Waals surface area contributed by atoms with Crippen molar-refractivity contribution < 1.29 is 0 Å². The van der Waals surface area contributed by atoms with Crippen molar-refractivity contribution in [3.63, 3.8) is 0 Å². The van der Waals surface area contributed by atoms with Gasteiger partial charge < -0.3 is 15.5 Å². The van der Waals surface area contributed by atoms with Crippen LogP contribution in [0.25, 0.3) is 0 Å².